The van der Waals surface area contributed by atoms with Crippen LogP contribution in [0, 0.1) is 0 Å². The first-order chi connectivity index (χ1) is 9.49. The molecule has 1 atom stereocenters. The van der Waals surface area contributed by atoms with E-state index in [9.17, 15) is 9.90 Å². The normalized spacial score (nSPS) is 12.0. The molecular formula is C14H19BrO5. The van der Waals surface area contributed by atoms with Crippen molar-refractivity contribution in [1.82, 2.24) is 0 Å². The van der Waals surface area contributed by atoms with Crippen LogP contribution in [0.1, 0.15) is 37.4 Å². The quantitative estimate of drug-likeness (QED) is 0.707. The minimum absolute atomic E-state index is 0.119. The molecule has 0 aliphatic heterocycles. The molecule has 0 aromatic heterocycles. The molecule has 112 valence electrons. The van der Waals surface area contributed by atoms with Gasteiger partial charge in [0.25, 0.3) is 0 Å². The molecule has 0 saturated heterocycles. The third-order valence-electron chi connectivity index (χ3n) is 2.97. The van der Waals surface area contributed by atoms with Gasteiger partial charge in [-0.2, -0.15) is 0 Å². The standard InChI is InChI=1S/C14H19BrO5/c1-19-9-7-10(15)14(12(8-9)20-2)11(16)5-3-4-6-13(17)18/h7-8,11,16H,3-6H2,1-2H3,(H,17,18). The number of halogens is 1. The Kier molecular flexibility index (Phi) is 6.81. The van der Waals surface area contributed by atoms with Gasteiger partial charge in [-0.25, -0.2) is 0 Å². The Morgan fingerprint density at radius 2 is 2.00 bits per heavy atom. The van der Waals surface area contributed by atoms with E-state index in [4.69, 9.17) is 14.6 Å². The van der Waals surface area contributed by atoms with Crippen molar-refractivity contribution in [3.63, 3.8) is 0 Å². The van der Waals surface area contributed by atoms with E-state index in [-0.39, 0.29) is 6.42 Å². The molecule has 0 bridgehead atoms. The van der Waals surface area contributed by atoms with E-state index in [1.807, 2.05) is 0 Å². The smallest absolute Gasteiger partial charge is 0.303 e. The third kappa shape index (κ3) is 4.68. The lowest BCUT2D eigenvalue weighted by Crippen LogP contribution is -2.03. The van der Waals surface area contributed by atoms with Gasteiger partial charge in [0.15, 0.2) is 0 Å². The number of hydrogen-bond donors (Lipinski definition) is 2. The highest BCUT2D eigenvalue weighted by Crippen LogP contribution is 2.38. The van der Waals surface area contributed by atoms with Gasteiger partial charge in [0.05, 0.1) is 20.3 Å². The molecule has 0 aliphatic rings. The fourth-order valence-corrected chi connectivity index (χ4v) is 2.62. The largest absolute Gasteiger partial charge is 0.497 e. The van der Waals surface area contributed by atoms with Crippen molar-refractivity contribution in [2.24, 2.45) is 0 Å². The lowest BCUT2D eigenvalue weighted by atomic mass is 10.0. The number of carboxylic acid groups (broad SMARTS) is 1. The molecule has 1 aromatic carbocycles. The van der Waals surface area contributed by atoms with Gasteiger partial charge < -0.3 is 19.7 Å². The van der Waals surface area contributed by atoms with Crippen molar-refractivity contribution in [3.8, 4) is 11.5 Å². The van der Waals surface area contributed by atoms with Crippen molar-refractivity contribution in [2.75, 3.05) is 14.2 Å². The second kappa shape index (κ2) is 8.11. The van der Waals surface area contributed by atoms with Crippen molar-refractivity contribution >= 4 is 21.9 Å². The Bertz CT molecular complexity index is 461. The number of benzene rings is 1. The van der Waals surface area contributed by atoms with Gasteiger partial charge in [-0.15, -0.1) is 0 Å². The summed E-state index contributed by atoms with van der Waals surface area (Å²) in [7, 11) is 3.09. The second-order valence-electron chi connectivity index (χ2n) is 4.38. The highest BCUT2D eigenvalue weighted by atomic mass is 79.9. The Balaban J connectivity index is 2.76. The van der Waals surface area contributed by atoms with E-state index >= 15 is 0 Å². The molecule has 1 unspecified atom stereocenters. The average molecular weight is 347 g/mol. The number of ether oxygens (including phenoxy) is 2. The molecule has 0 saturated carbocycles. The minimum atomic E-state index is -0.817. The Morgan fingerprint density at radius 1 is 1.30 bits per heavy atom. The molecule has 0 aliphatic carbocycles. The number of carbonyl (C=O) groups is 1. The van der Waals surface area contributed by atoms with Crippen LogP contribution >= 0.6 is 15.9 Å². The Labute approximate surface area is 126 Å². The van der Waals surface area contributed by atoms with E-state index in [1.165, 1.54) is 7.11 Å². The third-order valence-corrected chi connectivity index (χ3v) is 3.63. The molecular weight excluding hydrogens is 328 g/mol. The summed E-state index contributed by atoms with van der Waals surface area (Å²) in [6.07, 6.45) is 1.07. The maximum atomic E-state index is 10.4. The maximum absolute atomic E-state index is 10.4. The Hall–Kier alpha value is -1.27. The van der Waals surface area contributed by atoms with Crippen LogP contribution in [0.4, 0.5) is 0 Å². The van der Waals surface area contributed by atoms with E-state index in [0.717, 1.165) is 0 Å². The number of aliphatic carboxylic acids is 1. The number of carboxylic acids is 1. The predicted octanol–water partition coefficient (Wildman–Crippen LogP) is 3.14. The first kappa shape index (κ1) is 16.8. The zero-order valence-corrected chi connectivity index (χ0v) is 13.1. The van der Waals surface area contributed by atoms with Gasteiger partial charge >= 0.3 is 5.97 Å². The van der Waals surface area contributed by atoms with Crippen LogP contribution in [-0.4, -0.2) is 30.4 Å². The number of hydrogen-bond acceptors (Lipinski definition) is 4. The van der Waals surface area contributed by atoms with Gasteiger partial charge in [0, 0.05) is 22.5 Å². The van der Waals surface area contributed by atoms with Crippen LogP contribution in [0.3, 0.4) is 0 Å². The summed E-state index contributed by atoms with van der Waals surface area (Å²) in [5, 5.41) is 18.8. The van der Waals surface area contributed by atoms with Crippen LogP contribution in [0.25, 0.3) is 0 Å². The predicted molar refractivity (Wildman–Crippen MR) is 78.3 cm³/mol. The van der Waals surface area contributed by atoms with Gasteiger partial charge in [-0.3, -0.25) is 4.79 Å². The molecule has 0 fully saturated rings. The van der Waals surface area contributed by atoms with E-state index in [2.05, 4.69) is 15.9 Å². The average Bonchev–Trinajstić information content (AvgIpc) is 2.41. The second-order valence-corrected chi connectivity index (χ2v) is 5.23. The zero-order valence-electron chi connectivity index (χ0n) is 11.6. The summed E-state index contributed by atoms with van der Waals surface area (Å²) < 4.78 is 11.1. The molecule has 0 amide bonds. The molecule has 20 heavy (non-hydrogen) atoms. The van der Waals surface area contributed by atoms with Crippen LogP contribution in [0.2, 0.25) is 0 Å². The summed E-state index contributed by atoms with van der Waals surface area (Å²) >= 11 is 3.40. The van der Waals surface area contributed by atoms with Crippen molar-refractivity contribution < 1.29 is 24.5 Å². The van der Waals surface area contributed by atoms with E-state index in [0.29, 0.717) is 40.8 Å². The fourth-order valence-electron chi connectivity index (χ4n) is 1.94. The van der Waals surface area contributed by atoms with Crippen LogP contribution in [-0.2, 0) is 4.79 Å². The molecule has 2 N–H and O–H groups in total. The van der Waals surface area contributed by atoms with Crippen LogP contribution in [0.15, 0.2) is 16.6 Å². The number of unbranched alkanes of at least 4 members (excludes halogenated alkanes) is 1. The summed E-state index contributed by atoms with van der Waals surface area (Å²) in [6.45, 7) is 0. The highest BCUT2D eigenvalue weighted by Gasteiger charge is 2.18. The topological polar surface area (TPSA) is 76.0 Å². The molecule has 5 nitrogen and oxygen atoms in total. The number of rotatable bonds is 8. The fraction of sp³-hybridized carbons (Fsp3) is 0.500. The monoisotopic (exact) mass is 346 g/mol. The molecule has 6 heteroatoms. The van der Waals surface area contributed by atoms with Crippen LogP contribution < -0.4 is 9.47 Å². The molecule has 0 spiro atoms. The SMILES string of the molecule is COc1cc(Br)c(C(O)CCCCC(=O)O)c(OC)c1. The summed E-state index contributed by atoms with van der Waals surface area (Å²) in [5.74, 6) is 0.361. The number of aliphatic hydroxyl groups excluding tert-OH is 1. The lowest BCUT2D eigenvalue weighted by Gasteiger charge is -2.17. The van der Waals surface area contributed by atoms with Crippen molar-refractivity contribution in [3.05, 3.63) is 22.2 Å². The summed E-state index contributed by atoms with van der Waals surface area (Å²) in [6, 6.07) is 3.47. The molecule has 0 heterocycles. The maximum Gasteiger partial charge on any atom is 0.303 e. The van der Waals surface area contributed by atoms with Gasteiger partial charge in [0.1, 0.15) is 11.5 Å². The zero-order chi connectivity index (χ0) is 15.1. The van der Waals surface area contributed by atoms with Crippen molar-refractivity contribution in [1.29, 1.82) is 0 Å². The first-order valence-corrected chi connectivity index (χ1v) is 7.10. The van der Waals surface area contributed by atoms with Crippen LogP contribution in [0.5, 0.6) is 11.5 Å². The lowest BCUT2D eigenvalue weighted by molar-refractivity contribution is -0.137. The van der Waals surface area contributed by atoms with E-state index < -0.39 is 12.1 Å². The van der Waals surface area contributed by atoms with Gasteiger partial charge in [0.2, 0.25) is 0 Å². The minimum Gasteiger partial charge on any atom is -0.497 e. The summed E-state index contributed by atoms with van der Waals surface area (Å²) in [4.78, 5) is 10.4. The first-order valence-electron chi connectivity index (χ1n) is 6.30. The molecule has 0 radical (unpaired) electrons. The molecule has 1 rings (SSSR count). The van der Waals surface area contributed by atoms with Crippen molar-refractivity contribution in [2.45, 2.75) is 31.8 Å². The highest BCUT2D eigenvalue weighted by molar-refractivity contribution is 9.10. The van der Waals surface area contributed by atoms with E-state index in [1.54, 1.807) is 19.2 Å². The molecule has 1 aromatic rings. The number of methoxy groups -OCH3 is 2. The van der Waals surface area contributed by atoms with Gasteiger partial charge in [-0.05, 0) is 25.3 Å². The summed E-state index contributed by atoms with van der Waals surface area (Å²) in [5.41, 5.74) is 0.656. The number of aliphatic hydroxyl groups is 1. The Morgan fingerprint density at radius 3 is 2.55 bits per heavy atom. The van der Waals surface area contributed by atoms with Gasteiger partial charge in [-0.1, -0.05) is 15.9 Å².